The second-order valence-electron chi connectivity index (χ2n) is 7.89. The van der Waals surface area contributed by atoms with E-state index >= 15 is 0 Å². The van der Waals surface area contributed by atoms with Gasteiger partial charge in [-0.3, -0.25) is 18.8 Å². The fourth-order valence-electron chi connectivity index (χ4n) is 4.57. The lowest BCUT2D eigenvalue weighted by atomic mass is 10.00. The van der Waals surface area contributed by atoms with Crippen LogP contribution in [0, 0.1) is 6.92 Å². The number of H-pyrrole nitrogens is 1. The third-order valence-corrected chi connectivity index (χ3v) is 6.07. The molecule has 1 aromatic carbocycles. The van der Waals surface area contributed by atoms with Crippen molar-refractivity contribution in [2.24, 2.45) is 7.05 Å². The summed E-state index contributed by atoms with van der Waals surface area (Å²) in [6.45, 7) is 4.08. The summed E-state index contributed by atoms with van der Waals surface area (Å²) in [5.74, 6) is 0.133. The maximum absolute atomic E-state index is 12.8. The first-order chi connectivity index (χ1) is 14.5. The molecule has 0 unspecified atom stereocenters. The average Bonchev–Trinajstić information content (AvgIpc) is 3.29. The molecule has 0 saturated carbocycles. The molecule has 30 heavy (non-hydrogen) atoms. The molecule has 3 aromatic heterocycles. The van der Waals surface area contributed by atoms with E-state index in [0.29, 0.717) is 11.8 Å². The number of hydrogen-bond acceptors (Lipinski definition) is 4. The maximum atomic E-state index is 12.8. The lowest BCUT2D eigenvalue weighted by molar-refractivity contribution is 0.0886. The monoisotopic (exact) mass is 401 g/mol. The zero-order valence-corrected chi connectivity index (χ0v) is 17.3. The molecule has 1 aliphatic heterocycles. The van der Waals surface area contributed by atoms with Gasteiger partial charge >= 0.3 is 0 Å². The van der Waals surface area contributed by atoms with Gasteiger partial charge in [-0.1, -0.05) is 13.0 Å². The summed E-state index contributed by atoms with van der Waals surface area (Å²) in [7, 11) is 1.90. The first-order valence-electron chi connectivity index (χ1n) is 10.3. The molecule has 152 valence electrons. The van der Waals surface area contributed by atoms with Crippen LogP contribution in [0.15, 0.2) is 35.3 Å². The van der Waals surface area contributed by atoms with Gasteiger partial charge in [-0.05, 0) is 55.5 Å². The second-order valence-corrected chi connectivity index (χ2v) is 7.89. The molecule has 7 heteroatoms. The Morgan fingerprint density at radius 1 is 1.13 bits per heavy atom. The van der Waals surface area contributed by atoms with Crippen molar-refractivity contribution >= 4 is 16.7 Å². The first-order valence-corrected chi connectivity index (χ1v) is 10.3. The molecule has 0 radical (unpaired) electrons. The van der Waals surface area contributed by atoms with E-state index in [1.807, 2.05) is 47.6 Å². The van der Waals surface area contributed by atoms with Crippen LogP contribution in [0.4, 0.5) is 0 Å². The Hall–Kier alpha value is -3.48. The summed E-state index contributed by atoms with van der Waals surface area (Å²) in [6, 6.07) is 7.87. The molecule has 0 bridgehead atoms. The SMILES string of the molecule is CCc1n[nH]c(=O)c2ccc(-c3cnn(C)c3-c3cc(C)c4n3C(=O)CCC4)cc12. The molecule has 0 fully saturated rings. The second kappa shape index (κ2) is 6.79. The molecule has 1 aliphatic rings. The molecule has 0 saturated heterocycles. The number of aryl methyl sites for hydroxylation is 3. The number of aromatic nitrogens is 5. The molecular formula is C23H23N5O2. The summed E-state index contributed by atoms with van der Waals surface area (Å²) in [6.07, 6.45) is 4.91. The number of nitrogens with zero attached hydrogens (tertiary/aromatic N) is 4. The molecule has 0 amide bonds. The van der Waals surface area contributed by atoms with Crippen molar-refractivity contribution in [2.75, 3.05) is 0 Å². The topological polar surface area (TPSA) is 85.6 Å². The number of carbonyl (C=O) groups excluding carboxylic acids is 1. The van der Waals surface area contributed by atoms with E-state index in [-0.39, 0.29) is 11.5 Å². The van der Waals surface area contributed by atoms with Crippen molar-refractivity contribution in [1.29, 1.82) is 0 Å². The highest BCUT2D eigenvalue weighted by atomic mass is 16.2. The van der Waals surface area contributed by atoms with Crippen LogP contribution in [-0.2, 0) is 19.9 Å². The minimum absolute atomic E-state index is 0.133. The summed E-state index contributed by atoms with van der Waals surface area (Å²) in [5.41, 5.74) is 6.54. The number of aromatic amines is 1. The van der Waals surface area contributed by atoms with Gasteiger partial charge < -0.3 is 0 Å². The smallest absolute Gasteiger partial charge is 0.272 e. The largest absolute Gasteiger partial charge is 0.282 e. The normalized spacial score (nSPS) is 13.8. The predicted octanol–water partition coefficient (Wildman–Crippen LogP) is 3.64. The Morgan fingerprint density at radius 3 is 2.77 bits per heavy atom. The number of rotatable bonds is 3. The Labute approximate surface area is 173 Å². The van der Waals surface area contributed by atoms with E-state index < -0.39 is 0 Å². The van der Waals surface area contributed by atoms with Crippen LogP contribution >= 0.6 is 0 Å². The first kappa shape index (κ1) is 18.5. The molecular weight excluding hydrogens is 378 g/mol. The lowest BCUT2D eigenvalue weighted by Crippen LogP contribution is -2.20. The molecule has 7 nitrogen and oxygen atoms in total. The Kier molecular flexibility index (Phi) is 4.20. The highest BCUT2D eigenvalue weighted by Gasteiger charge is 2.26. The van der Waals surface area contributed by atoms with Crippen molar-refractivity contribution in [3.63, 3.8) is 0 Å². The molecule has 5 rings (SSSR count). The highest BCUT2D eigenvalue weighted by molar-refractivity contribution is 5.93. The molecule has 0 aliphatic carbocycles. The van der Waals surface area contributed by atoms with Crippen LogP contribution in [0.25, 0.3) is 33.3 Å². The number of carbonyl (C=O) groups is 1. The average molecular weight is 401 g/mol. The Bertz CT molecular complexity index is 1370. The van der Waals surface area contributed by atoms with E-state index in [2.05, 4.69) is 28.3 Å². The van der Waals surface area contributed by atoms with Crippen LogP contribution in [0.1, 0.15) is 41.5 Å². The molecule has 1 N–H and O–H groups in total. The minimum atomic E-state index is -0.193. The van der Waals surface area contributed by atoms with Crippen molar-refractivity contribution in [2.45, 2.75) is 39.5 Å². The van der Waals surface area contributed by atoms with E-state index in [1.54, 1.807) is 0 Å². The summed E-state index contributed by atoms with van der Waals surface area (Å²) in [5, 5.41) is 12.8. The zero-order valence-electron chi connectivity index (χ0n) is 17.3. The van der Waals surface area contributed by atoms with Crippen molar-refractivity contribution in [1.82, 2.24) is 24.5 Å². The predicted molar refractivity (Wildman–Crippen MR) is 116 cm³/mol. The Morgan fingerprint density at radius 2 is 1.97 bits per heavy atom. The standard InChI is InChI=1S/C23H23N5O2/c1-4-18-16-11-14(8-9-15(16)23(30)26-25-18)17-12-24-27(3)22(17)20-10-13(2)19-6-5-7-21(29)28(19)20/h8-12H,4-7H2,1-3H3,(H,26,30). The van der Waals surface area contributed by atoms with Crippen LogP contribution in [0.2, 0.25) is 0 Å². The van der Waals surface area contributed by atoms with E-state index in [4.69, 9.17) is 0 Å². The van der Waals surface area contributed by atoms with Crippen LogP contribution in [0.3, 0.4) is 0 Å². The summed E-state index contributed by atoms with van der Waals surface area (Å²) >= 11 is 0. The van der Waals surface area contributed by atoms with Crippen LogP contribution in [0.5, 0.6) is 0 Å². The Balaban J connectivity index is 1.75. The number of nitrogens with one attached hydrogen (secondary N) is 1. The fraction of sp³-hybridized carbons (Fsp3) is 0.304. The third-order valence-electron chi connectivity index (χ3n) is 6.07. The van der Waals surface area contributed by atoms with Crippen LogP contribution < -0.4 is 5.56 Å². The van der Waals surface area contributed by atoms with Crippen molar-refractivity contribution < 1.29 is 4.79 Å². The molecule has 0 atom stereocenters. The minimum Gasteiger partial charge on any atom is -0.282 e. The zero-order chi connectivity index (χ0) is 21.0. The third kappa shape index (κ3) is 2.65. The van der Waals surface area contributed by atoms with E-state index in [9.17, 15) is 9.59 Å². The highest BCUT2D eigenvalue weighted by Crippen LogP contribution is 2.37. The van der Waals surface area contributed by atoms with Gasteiger partial charge in [0.1, 0.15) is 0 Å². The van der Waals surface area contributed by atoms with Gasteiger partial charge in [0, 0.05) is 30.1 Å². The number of fused-ring (bicyclic) bond motifs is 2. The maximum Gasteiger partial charge on any atom is 0.272 e. The molecule has 0 spiro atoms. The van der Waals surface area contributed by atoms with Gasteiger partial charge in [-0.2, -0.15) is 10.2 Å². The van der Waals surface area contributed by atoms with Gasteiger partial charge in [0.2, 0.25) is 5.91 Å². The quantitative estimate of drug-likeness (QED) is 0.568. The van der Waals surface area contributed by atoms with Gasteiger partial charge in [0.05, 0.1) is 28.7 Å². The lowest BCUT2D eigenvalue weighted by Gasteiger charge is -2.18. The summed E-state index contributed by atoms with van der Waals surface area (Å²) in [4.78, 5) is 25.0. The van der Waals surface area contributed by atoms with E-state index in [1.165, 1.54) is 0 Å². The van der Waals surface area contributed by atoms with E-state index in [0.717, 1.165) is 64.1 Å². The van der Waals surface area contributed by atoms with Crippen molar-refractivity contribution in [3.05, 3.63) is 57.8 Å². The number of benzene rings is 1. The number of hydrogen-bond donors (Lipinski definition) is 1. The van der Waals surface area contributed by atoms with Crippen molar-refractivity contribution in [3.8, 4) is 22.5 Å². The molecule has 4 aromatic rings. The van der Waals surface area contributed by atoms with Crippen LogP contribution in [-0.4, -0.2) is 30.5 Å². The summed E-state index contributed by atoms with van der Waals surface area (Å²) < 4.78 is 3.68. The van der Waals surface area contributed by atoms with Gasteiger partial charge in [0.25, 0.3) is 5.56 Å². The van der Waals surface area contributed by atoms with Gasteiger partial charge in [-0.15, -0.1) is 0 Å². The fourth-order valence-corrected chi connectivity index (χ4v) is 4.57. The molecule has 4 heterocycles. The van der Waals surface area contributed by atoms with Gasteiger partial charge in [0.15, 0.2) is 0 Å². The van der Waals surface area contributed by atoms with Gasteiger partial charge in [-0.25, -0.2) is 5.10 Å².